The van der Waals surface area contributed by atoms with Gasteiger partial charge in [0.2, 0.25) is 0 Å². The van der Waals surface area contributed by atoms with Crippen LogP contribution in [0.1, 0.15) is 10.4 Å². The Morgan fingerprint density at radius 2 is 1.83 bits per heavy atom. The number of ether oxygens (including phenoxy) is 2. The molecule has 0 spiro atoms. The number of halogens is 2. The van der Waals surface area contributed by atoms with Crippen molar-refractivity contribution in [2.24, 2.45) is 0 Å². The minimum absolute atomic E-state index is 0.0620. The van der Waals surface area contributed by atoms with E-state index in [2.05, 4.69) is 9.72 Å². The SMILES string of the molecule is COc1cccc(N(C(=O)c2ccccc2OC(F)F)c2nc(-c3ccc([N+](=O)[O-])cc3)cs2)c1. The Kier molecular flexibility index (Phi) is 6.97. The van der Waals surface area contributed by atoms with Crippen LogP contribution in [0.3, 0.4) is 0 Å². The molecule has 0 saturated heterocycles. The van der Waals surface area contributed by atoms with E-state index in [0.29, 0.717) is 22.7 Å². The molecule has 4 aromatic rings. The molecule has 178 valence electrons. The van der Waals surface area contributed by atoms with Crippen LogP contribution in [0.15, 0.2) is 78.2 Å². The summed E-state index contributed by atoms with van der Waals surface area (Å²) in [5.41, 5.74) is 1.34. The normalized spacial score (nSPS) is 10.7. The lowest BCUT2D eigenvalue weighted by Crippen LogP contribution is -2.26. The molecule has 4 rings (SSSR count). The van der Waals surface area contributed by atoms with E-state index in [-0.39, 0.29) is 22.1 Å². The van der Waals surface area contributed by atoms with E-state index < -0.39 is 17.4 Å². The van der Waals surface area contributed by atoms with Gasteiger partial charge in [0, 0.05) is 29.1 Å². The molecule has 8 nitrogen and oxygen atoms in total. The first-order chi connectivity index (χ1) is 16.9. The standard InChI is InChI=1S/C24H17F2N3O5S/c1-33-18-6-4-5-17(13-18)28(22(30)19-7-2-3-8-21(19)34-23(25)26)24-27-20(14-35-24)15-9-11-16(12-10-15)29(31)32/h2-14,23H,1H3. The Balaban J connectivity index is 1.78. The number of carbonyl (C=O) groups excluding carboxylic acids is 1. The zero-order valence-corrected chi connectivity index (χ0v) is 18.9. The van der Waals surface area contributed by atoms with Gasteiger partial charge in [0.1, 0.15) is 11.5 Å². The maximum absolute atomic E-state index is 13.7. The molecular weight excluding hydrogens is 480 g/mol. The number of nitro groups is 1. The summed E-state index contributed by atoms with van der Waals surface area (Å²) in [6, 6.07) is 18.2. The van der Waals surface area contributed by atoms with E-state index in [0.717, 1.165) is 11.3 Å². The lowest BCUT2D eigenvalue weighted by atomic mass is 10.1. The summed E-state index contributed by atoms with van der Waals surface area (Å²) in [6.07, 6.45) is 0. The summed E-state index contributed by atoms with van der Waals surface area (Å²) in [5.74, 6) is -0.434. The number of anilines is 2. The Morgan fingerprint density at radius 1 is 1.09 bits per heavy atom. The van der Waals surface area contributed by atoms with Gasteiger partial charge in [-0.3, -0.25) is 19.8 Å². The van der Waals surface area contributed by atoms with Gasteiger partial charge in [-0.1, -0.05) is 18.2 Å². The van der Waals surface area contributed by atoms with Gasteiger partial charge in [-0.2, -0.15) is 8.78 Å². The molecule has 0 aliphatic rings. The number of nitro benzene ring substituents is 1. The number of rotatable bonds is 8. The van der Waals surface area contributed by atoms with Gasteiger partial charge < -0.3 is 9.47 Å². The fraction of sp³-hybridized carbons (Fsp3) is 0.0833. The van der Waals surface area contributed by atoms with Gasteiger partial charge in [0.25, 0.3) is 11.6 Å². The van der Waals surface area contributed by atoms with Crippen LogP contribution in [-0.4, -0.2) is 29.5 Å². The first-order valence-corrected chi connectivity index (χ1v) is 11.0. The molecular formula is C24H17F2N3O5S. The van der Waals surface area contributed by atoms with Gasteiger partial charge in [0.05, 0.1) is 29.0 Å². The molecule has 0 radical (unpaired) electrons. The summed E-state index contributed by atoms with van der Waals surface area (Å²) < 4.78 is 35.8. The summed E-state index contributed by atoms with van der Waals surface area (Å²) in [6.45, 7) is -3.11. The van der Waals surface area contributed by atoms with Crippen LogP contribution in [0, 0.1) is 10.1 Å². The second-order valence-corrected chi connectivity index (χ2v) is 7.87. The van der Waals surface area contributed by atoms with Crippen molar-refractivity contribution in [3.63, 3.8) is 0 Å². The Morgan fingerprint density at radius 3 is 2.51 bits per heavy atom. The number of methoxy groups -OCH3 is 1. The van der Waals surface area contributed by atoms with Crippen molar-refractivity contribution < 1.29 is 28.0 Å². The van der Waals surface area contributed by atoms with Gasteiger partial charge in [0.15, 0.2) is 5.13 Å². The second-order valence-electron chi connectivity index (χ2n) is 7.04. The molecule has 0 aliphatic carbocycles. The van der Waals surface area contributed by atoms with E-state index in [4.69, 9.17) is 4.74 Å². The number of thiazole rings is 1. The lowest BCUT2D eigenvalue weighted by molar-refractivity contribution is -0.384. The number of carbonyl (C=O) groups is 1. The molecule has 1 amide bonds. The van der Waals surface area contributed by atoms with Crippen LogP contribution in [0.2, 0.25) is 0 Å². The van der Waals surface area contributed by atoms with Crippen molar-refractivity contribution in [2.45, 2.75) is 6.61 Å². The third-order valence-electron chi connectivity index (χ3n) is 4.91. The molecule has 0 unspecified atom stereocenters. The highest BCUT2D eigenvalue weighted by Crippen LogP contribution is 2.36. The number of hydrogen-bond donors (Lipinski definition) is 0. The van der Waals surface area contributed by atoms with E-state index in [1.807, 2.05) is 0 Å². The molecule has 0 aliphatic heterocycles. The number of non-ortho nitro benzene ring substituents is 1. The molecule has 0 N–H and O–H groups in total. The first-order valence-electron chi connectivity index (χ1n) is 10.1. The number of benzene rings is 3. The smallest absolute Gasteiger partial charge is 0.387 e. The maximum Gasteiger partial charge on any atom is 0.387 e. The summed E-state index contributed by atoms with van der Waals surface area (Å²) in [7, 11) is 1.48. The van der Waals surface area contributed by atoms with E-state index >= 15 is 0 Å². The molecule has 0 saturated carbocycles. The zero-order chi connectivity index (χ0) is 24.9. The van der Waals surface area contributed by atoms with Gasteiger partial charge >= 0.3 is 6.61 Å². The Bertz CT molecular complexity index is 1360. The highest BCUT2D eigenvalue weighted by atomic mass is 32.1. The van der Waals surface area contributed by atoms with Gasteiger partial charge in [-0.25, -0.2) is 4.98 Å². The Hall–Kier alpha value is -4.38. The molecule has 0 atom stereocenters. The molecule has 35 heavy (non-hydrogen) atoms. The minimum atomic E-state index is -3.11. The number of aromatic nitrogens is 1. The van der Waals surface area contributed by atoms with Crippen molar-refractivity contribution in [1.82, 2.24) is 4.98 Å². The highest BCUT2D eigenvalue weighted by molar-refractivity contribution is 7.14. The van der Waals surface area contributed by atoms with Crippen molar-refractivity contribution in [1.29, 1.82) is 0 Å². The highest BCUT2D eigenvalue weighted by Gasteiger charge is 2.27. The van der Waals surface area contributed by atoms with E-state index in [1.165, 1.54) is 42.3 Å². The zero-order valence-electron chi connectivity index (χ0n) is 18.1. The summed E-state index contributed by atoms with van der Waals surface area (Å²) >= 11 is 1.14. The van der Waals surface area contributed by atoms with E-state index in [1.54, 1.807) is 47.8 Å². The predicted molar refractivity (Wildman–Crippen MR) is 127 cm³/mol. The fourth-order valence-electron chi connectivity index (χ4n) is 3.28. The van der Waals surface area contributed by atoms with Crippen molar-refractivity contribution in [3.8, 4) is 22.8 Å². The van der Waals surface area contributed by atoms with Gasteiger partial charge in [-0.15, -0.1) is 11.3 Å². The molecule has 11 heteroatoms. The molecule has 1 heterocycles. The van der Waals surface area contributed by atoms with Crippen LogP contribution in [0.4, 0.5) is 25.3 Å². The number of amides is 1. The van der Waals surface area contributed by atoms with Crippen LogP contribution in [0.5, 0.6) is 11.5 Å². The average Bonchev–Trinajstić information content (AvgIpc) is 3.34. The third kappa shape index (κ3) is 5.25. The van der Waals surface area contributed by atoms with Crippen LogP contribution < -0.4 is 14.4 Å². The van der Waals surface area contributed by atoms with E-state index in [9.17, 15) is 23.7 Å². The second kappa shape index (κ2) is 10.3. The molecule has 0 fully saturated rings. The monoisotopic (exact) mass is 497 g/mol. The van der Waals surface area contributed by atoms with Crippen LogP contribution in [-0.2, 0) is 0 Å². The molecule has 1 aromatic heterocycles. The minimum Gasteiger partial charge on any atom is -0.497 e. The van der Waals surface area contributed by atoms with Crippen LogP contribution >= 0.6 is 11.3 Å². The average molecular weight is 497 g/mol. The topological polar surface area (TPSA) is 94.8 Å². The largest absolute Gasteiger partial charge is 0.497 e. The number of para-hydroxylation sites is 1. The number of hydrogen-bond acceptors (Lipinski definition) is 7. The summed E-state index contributed by atoms with van der Waals surface area (Å²) in [4.78, 5) is 29.9. The van der Waals surface area contributed by atoms with Crippen molar-refractivity contribution in [3.05, 3.63) is 93.9 Å². The number of nitrogens with zero attached hydrogens (tertiary/aromatic N) is 3. The lowest BCUT2D eigenvalue weighted by Gasteiger charge is -2.22. The molecule has 3 aromatic carbocycles. The number of alkyl halides is 2. The van der Waals surface area contributed by atoms with Crippen LogP contribution in [0.25, 0.3) is 11.3 Å². The third-order valence-corrected chi connectivity index (χ3v) is 5.73. The maximum atomic E-state index is 13.7. The summed E-state index contributed by atoms with van der Waals surface area (Å²) in [5, 5.41) is 12.9. The predicted octanol–water partition coefficient (Wildman–Crippen LogP) is 6.31. The van der Waals surface area contributed by atoms with Gasteiger partial charge in [-0.05, 0) is 36.4 Å². The fourth-order valence-corrected chi connectivity index (χ4v) is 4.13. The Labute approximate surface area is 202 Å². The van der Waals surface area contributed by atoms with Crippen molar-refractivity contribution >= 4 is 33.8 Å². The molecule has 0 bridgehead atoms. The first kappa shape index (κ1) is 23.8. The van der Waals surface area contributed by atoms with Crippen molar-refractivity contribution in [2.75, 3.05) is 12.0 Å². The quantitative estimate of drug-likeness (QED) is 0.209.